The third-order valence-electron chi connectivity index (χ3n) is 6.31. The zero-order valence-electron chi connectivity index (χ0n) is 19.8. The summed E-state index contributed by atoms with van der Waals surface area (Å²) in [4.78, 5) is 14.7. The topological polar surface area (TPSA) is 80.1 Å². The van der Waals surface area contributed by atoms with Crippen molar-refractivity contribution in [3.05, 3.63) is 105 Å². The molecule has 1 fully saturated rings. The third-order valence-corrected chi connectivity index (χ3v) is 8.53. The molecule has 0 saturated carbocycles. The molecule has 37 heavy (non-hydrogen) atoms. The van der Waals surface area contributed by atoms with Gasteiger partial charge in [-0.25, -0.2) is 12.8 Å². The van der Waals surface area contributed by atoms with Crippen LogP contribution in [0.3, 0.4) is 0 Å². The lowest BCUT2D eigenvalue weighted by Gasteiger charge is -2.33. The Balaban J connectivity index is 1.18. The van der Waals surface area contributed by atoms with E-state index in [-0.39, 0.29) is 28.5 Å². The fraction of sp³-hybridized carbons (Fsp3) is 0.222. The number of hydrogen-bond acceptors (Lipinski definition) is 6. The molecule has 0 atom stereocenters. The van der Waals surface area contributed by atoms with E-state index in [1.165, 1.54) is 28.8 Å². The molecule has 0 N–H and O–H groups in total. The predicted molar refractivity (Wildman–Crippen MR) is 139 cm³/mol. The molecule has 1 saturated heterocycles. The van der Waals surface area contributed by atoms with E-state index in [1.807, 2.05) is 11.0 Å². The summed E-state index contributed by atoms with van der Waals surface area (Å²) >= 11 is 6.21. The molecule has 2 heterocycles. The van der Waals surface area contributed by atoms with Gasteiger partial charge in [0, 0.05) is 42.7 Å². The lowest BCUT2D eigenvalue weighted by atomic mass is 10.1. The molecule has 0 aliphatic carbocycles. The average Bonchev–Trinajstić information content (AvgIpc) is 2.89. The number of ether oxygens (including phenoxy) is 1. The van der Waals surface area contributed by atoms with Gasteiger partial charge in [-0.3, -0.25) is 9.69 Å². The molecular formula is C27H24ClFN2O5S. The van der Waals surface area contributed by atoms with Crippen LogP contribution in [-0.4, -0.2) is 43.8 Å². The van der Waals surface area contributed by atoms with Gasteiger partial charge in [-0.2, -0.15) is 4.31 Å². The highest BCUT2D eigenvalue weighted by Crippen LogP contribution is 2.27. The van der Waals surface area contributed by atoms with E-state index >= 15 is 0 Å². The molecule has 1 aliphatic heterocycles. The highest BCUT2D eigenvalue weighted by molar-refractivity contribution is 7.89. The zero-order chi connectivity index (χ0) is 26.0. The van der Waals surface area contributed by atoms with E-state index in [4.69, 9.17) is 20.8 Å². The summed E-state index contributed by atoms with van der Waals surface area (Å²) < 4.78 is 52.1. The summed E-state index contributed by atoms with van der Waals surface area (Å²) in [7, 11) is -3.65. The van der Waals surface area contributed by atoms with Crippen molar-refractivity contribution in [3.8, 4) is 5.75 Å². The minimum absolute atomic E-state index is 0.0701. The summed E-state index contributed by atoms with van der Waals surface area (Å²) in [5.41, 5.74) is 0.408. The van der Waals surface area contributed by atoms with Gasteiger partial charge < -0.3 is 9.15 Å². The maximum atomic E-state index is 13.2. The van der Waals surface area contributed by atoms with E-state index in [0.717, 1.165) is 16.3 Å². The zero-order valence-corrected chi connectivity index (χ0v) is 21.3. The first-order valence-electron chi connectivity index (χ1n) is 11.7. The normalized spacial score (nSPS) is 15.2. The fourth-order valence-corrected chi connectivity index (χ4v) is 5.95. The van der Waals surface area contributed by atoms with E-state index in [0.29, 0.717) is 43.5 Å². The monoisotopic (exact) mass is 542 g/mol. The average molecular weight is 543 g/mol. The summed E-state index contributed by atoms with van der Waals surface area (Å²) in [6, 6.07) is 17.6. The van der Waals surface area contributed by atoms with Crippen LogP contribution in [0.2, 0.25) is 5.02 Å². The number of nitrogens with zero attached hydrogens (tertiary/aromatic N) is 2. The Morgan fingerprint density at radius 1 is 0.973 bits per heavy atom. The lowest BCUT2D eigenvalue weighted by molar-refractivity contribution is 0.169. The smallest absolute Gasteiger partial charge is 0.243 e. The number of fused-ring (bicyclic) bond motifs is 1. The number of hydrogen-bond donors (Lipinski definition) is 0. The van der Waals surface area contributed by atoms with Gasteiger partial charge in [0.05, 0.1) is 11.4 Å². The van der Waals surface area contributed by atoms with Crippen molar-refractivity contribution in [3.63, 3.8) is 0 Å². The molecule has 192 valence electrons. The van der Waals surface area contributed by atoms with Crippen molar-refractivity contribution >= 4 is 32.4 Å². The number of rotatable bonds is 7. The van der Waals surface area contributed by atoms with Crippen LogP contribution >= 0.6 is 11.6 Å². The maximum Gasteiger partial charge on any atom is 0.243 e. The molecule has 0 amide bonds. The first kappa shape index (κ1) is 25.4. The second-order valence-electron chi connectivity index (χ2n) is 8.79. The minimum atomic E-state index is -3.65. The molecule has 1 aliphatic rings. The van der Waals surface area contributed by atoms with Gasteiger partial charge in [-0.15, -0.1) is 0 Å². The number of halogens is 2. The van der Waals surface area contributed by atoms with Gasteiger partial charge in [0.15, 0.2) is 0 Å². The van der Waals surface area contributed by atoms with Crippen LogP contribution in [0.15, 0.2) is 87.1 Å². The van der Waals surface area contributed by atoms with Crippen molar-refractivity contribution in [1.82, 2.24) is 9.21 Å². The molecule has 4 aromatic rings. The molecular weight excluding hydrogens is 519 g/mol. The Kier molecular flexibility index (Phi) is 7.30. The first-order valence-corrected chi connectivity index (χ1v) is 13.5. The van der Waals surface area contributed by atoms with Crippen LogP contribution in [0.1, 0.15) is 11.3 Å². The molecule has 7 nitrogen and oxygen atoms in total. The second kappa shape index (κ2) is 10.6. The molecule has 10 heteroatoms. The highest BCUT2D eigenvalue weighted by Gasteiger charge is 2.29. The molecule has 5 rings (SSSR count). The Hall–Kier alpha value is -3.24. The quantitative estimate of drug-likeness (QED) is 0.338. The van der Waals surface area contributed by atoms with Gasteiger partial charge in [-0.1, -0.05) is 41.9 Å². The summed E-state index contributed by atoms with van der Waals surface area (Å²) in [5.74, 6) is 0.188. The van der Waals surface area contributed by atoms with Gasteiger partial charge in [0.25, 0.3) is 0 Å². The van der Waals surface area contributed by atoms with Crippen LogP contribution in [-0.2, 0) is 23.2 Å². The summed E-state index contributed by atoms with van der Waals surface area (Å²) in [6.45, 7) is 2.11. The van der Waals surface area contributed by atoms with Gasteiger partial charge >= 0.3 is 0 Å². The van der Waals surface area contributed by atoms with E-state index in [9.17, 15) is 17.6 Å². The fourth-order valence-electron chi connectivity index (χ4n) is 4.25. The molecule has 0 spiro atoms. The number of sulfonamides is 1. The highest BCUT2D eigenvalue weighted by atomic mass is 35.5. The summed E-state index contributed by atoms with van der Waals surface area (Å²) in [6.07, 6.45) is 1.27. The molecule has 0 radical (unpaired) electrons. The number of benzene rings is 3. The van der Waals surface area contributed by atoms with E-state index < -0.39 is 10.0 Å². The van der Waals surface area contributed by atoms with Crippen LogP contribution in [0.25, 0.3) is 10.8 Å². The lowest BCUT2D eigenvalue weighted by Crippen LogP contribution is -2.48. The standard InChI is InChI=1S/C27H24ClFN2O5S/c28-25-3-1-2-20-14-23(8-9-24(20)25)37(33,34)31-12-10-30(11-13-31)16-22-15-26(32)27(18-35-22)36-17-19-4-6-21(29)7-5-19/h1-9,14-15,18H,10-13,16-17H2. The molecule has 3 aromatic carbocycles. The first-order chi connectivity index (χ1) is 17.8. The Bertz CT molecular complexity index is 1580. The molecule has 0 bridgehead atoms. The Labute approximate surface area is 218 Å². The van der Waals surface area contributed by atoms with Crippen LogP contribution in [0.5, 0.6) is 5.75 Å². The SMILES string of the molecule is O=c1cc(CN2CCN(S(=O)(=O)c3ccc4c(Cl)cccc4c3)CC2)occ1OCc1ccc(F)cc1. The van der Waals surface area contributed by atoms with E-state index in [1.54, 1.807) is 42.5 Å². The van der Waals surface area contributed by atoms with Crippen molar-refractivity contribution in [2.75, 3.05) is 26.2 Å². The van der Waals surface area contributed by atoms with Crippen LogP contribution in [0.4, 0.5) is 4.39 Å². The van der Waals surface area contributed by atoms with Crippen molar-refractivity contribution < 1.29 is 22.0 Å². The minimum Gasteiger partial charge on any atom is -0.482 e. The van der Waals surface area contributed by atoms with E-state index in [2.05, 4.69) is 0 Å². The summed E-state index contributed by atoms with van der Waals surface area (Å²) in [5, 5.41) is 2.16. The maximum absolute atomic E-state index is 13.2. The van der Waals surface area contributed by atoms with Crippen molar-refractivity contribution in [2.45, 2.75) is 18.0 Å². The van der Waals surface area contributed by atoms with Gasteiger partial charge in [-0.05, 0) is 41.3 Å². The van der Waals surface area contributed by atoms with Crippen LogP contribution in [0, 0.1) is 5.82 Å². The van der Waals surface area contributed by atoms with Gasteiger partial charge in [0.2, 0.25) is 21.2 Å². The Morgan fingerprint density at radius 3 is 2.46 bits per heavy atom. The van der Waals surface area contributed by atoms with Gasteiger partial charge in [0.1, 0.15) is 24.4 Å². The van der Waals surface area contributed by atoms with Crippen LogP contribution < -0.4 is 10.2 Å². The second-order valence-corrected chi connectivity index (χ2v) is 11.1. The molecule has 1 aromatic heterocycles. The number of piperazine rings is 1. The third kappa shape index (κ3) is 5.70. The van der Waals surface area contributed by atoms with Crippen molar-refractivity contribution in [1.29, 1.82) is 0 Å². The van der Waals surface area contributed by atoms with Crippen molar-refractivity contribution in [2.24, 2.45) is 0 Å². The Morgan fingerprint density at radius 2 is 1.73 bits per heavy atom. The molecule has 0 unspecified atom stereocenters. The largest absolute Gasteiger partial charge is 0.482 e. The predicted octanol–water partition coefficient (Wildman–Crippen LogP) is 4.67.